The van der Waals surface area contributed by atoms with Gasteiger partial charge in [-0.1, -0.05) is 15.9 Å². The van der Waals surface area contributed by atoms with E-state index in [-0.39, 0.29) is 0 Å². The summed E-state index contributed by atoms with van der Waals surface area (Å²) in [4.78, 5) is 0. The van der Waals surface area contributed by atoms with Gasteiger partial charge in [0.25, 0.3) is 0 Å². The normalized spacial score (nSPS) is 12.4. The number of hydrogen-bond acceptors (Lipinski definition) is 4. The van der Waals surface area contributed by atoms with E-state index >= 15 is 0 Å². The van der Waals surface area contributed by atoms with Gasteiger partial charge in [0.15, 0.2) is 0 Å². The zero-order valence-corrected chi connectivity index (χ0v) is 14.3. The summed E-state index contributed by atoms with van der Waals surface area (Å²) in [7, 11) is -3.20. The molecule has 0 amide bonds. The van der Waals surface area contributed by atoms with Crippen LogP contribution in [0.3, 0.4) is 0 Å². The smallest absolute Gasteiger partial charge is 0.209 e. The summed E-state index contributed by atoms with van der Waals surface area (Å²) in [5.74, 6) is 0.809. The van der Waals surface area contributed by atoms with E-state index in [1.54, 1.807) is 0 Å². The van der Waals surface area contributed by atoms with Gasteiger partial charge in [0, 0.05) is 23.1 Å². The van der Waals surface area contributed by atoms with Gasteiger partial charge in [-0.05, 0) is 38.1 Å². The molecule has 0 fully saturated rings. The zero-order chi connectivity index (χ0) is 15.2. The fourth-order valence-corrected chi connectivity index (χ4v) is 3.05. The number of halogens is 1. The van der Waals surface area contributed by atoms with Crippen molar-refractivity contribution in [2.45, 2.75) is 19.4 Å². The van der Waals surface area contributed by atoms with Crippen molar-refractivity contribution in [1.29, 1.82) is 0 Å². The Morgan fingerprint density at radius 3 is 2.40 bits per heavy atom. The highest BCUT2D eigenvalue weighted by atomic mass is 79.9. The SMILES string of the molecule is CC(C)(CNCCOc1ccc(Br)cc1)NS(C)(=O)=O. The highest BCUT2D eigenvalue weighted by Crippen LogP contribution is 2.15. The van der Waals surface area contributed by atoms with E-state index in [2.05, 4.69) is 26.0 Å². The van der Waals surface area contributed by atoms with Gasteiger partial charge < -0.3 is 10.1 Å². The van der Waals surface area contributed by atoms with E-state index in [1.165, 1.54) is 0 Å². The lowest BCUT2D eigenvalue weighted by molar-refractivity contribution is 0.305. The van der Waals surface area contributed by atoms with Crippen LogP contribution in [0.2, 0.25) is 0 Å². The molecule has 0 saturated carbocycles. The number of rotatable bonds is 8. The quantitative estimate of drug-likeness (QED) is 0.689. The van der Waals surface area contributed by atoms with Gasteiger partial charge in [-0.15, -0.1) is 0 Å². The van der Waals surface area contributed by atoms with Crippen LogP contribution < -0.4 is 14.8 Å². The van der Waals surface area contributed by atoms with Crippen molar-refractivity contribution in [3.63, 3.8) is 0 Å². The lowest BCUT2D eigenvalue weighted by Crippen LogP contribution is -2.50. The Balaban J connectivity index is 2.23. The van der Waals surface area contributed by atoms with Crippen molar-refractivity contribution >= 4 is 26.0 Å². The summed E-state index contributed by atoms with van der Waals surface area (Å²) in [6.45, 7) is 5.36. The Kier molecular flexibility index (Phi) is 6.44. The molecule has 5 nitrogen and oxygen atoms in total. The number of benzene rings is 1. The molecule has 0 aromatic heterocycles. The second kappa shape index (κ2) is 7.40. The van der Waals surface area contributed by atoms with Crippen molar-refractivity contribution in [2.75, 3.05) is 26.0 Å². The third kappa shape index (κ3) is 7.84. The van der Waals surface area contributed by atoms with E-state index in [0.29, 0.717) is 19.7 Å². The molecule has 0 bridgehead atoms. The Hall–Kier alpha value is -0.630. The summed E-state index contributed by atoms with van der Waals surface area (Å²) < 4.78 is 31.5. The molecule has 20 heavy (non-hydrogen) atoms. The summed E-state index contributed by atoms with van der Waals surface area (Å²) in [6.07, 6.45) is 1.16. The first-order valence-corrected chi connectivity index (χ1v) is 8.94. The van der Waals surface area contributed by atoms with E-state index in [1.807, 2.05) is 38.1 Å². The Bertz CT molecular complexity index is 515. The topological polar surface area (TPSA) is 67.4 Å². The van der Waals surface area contributed by atoms with Crippen LogP contribution in [-0.2, 0) is 10.0 Å². The van der Waals surface area contributed by atoms with Crippen LogP contribution in [0.1, 0.15) is 13.8 Å². The largest absolute Gasteiger partial charge is 0.492 e. The number of hydrogen-bond donors (Lipinski definition) is 2. The maximum atomic E-state index is 11.2. The van der Waals surface area contributed by atoms with E-state index in [4.69, 9.17) is 4.74 Å². The van der Waals surface area contributed by atoms with Gasteiger partial charge >= 0.3 is 0 Å². The van der Waals surface area contributed by atoms with Crippen LogP contribution in [0.5, 0.6) is 5.75 Å². The molecule has 1 aromatic rings. The minimum atomic E-state index is -3.20. The Labute approximate surface area is 129 Å². The maximum Gasteiger partial charge on any atom is 0.209 e. The lowest BCUT2D eigenvalue weighted by Gasteiger charge is -2.25. The fourth-order valence-electron chi connectivity index (χ4n) is 1.71. The summed E-state index contributed by atoms with van der Waals surface area (Å²) in [5, 5.41) is 3.17. The monoisotopic (exact) mass is 364 g/mol. The van der Waals surface area contributed by atoms with Crippen molar-refractivity contribution in [3.05, 3.63) is 28.7 Å². The first kappa shape index (κ1) is 17.4. The molecule has 0 radical (unpaired) electrons. The van der Waals surface area contributed by atoms with Gasteiger partial charge in [0.1, 0.15) is 12.4 Å². The second-order valence-corrected chi connectivity index (χ2v) is 7.90. The molecule has 0 saturated heterocycles. The third-order valence-corrected chi connectivity index (χ3v) is 3.84. The van der Waals surface area contributed by atoms with E-state index < -0.39 is 15.6 Å². The van der Waals surface area contributed by atoms with Gasteiger partial charge in [-0.3, -0.25) is 0 Å². The standard InChI is InChI=1S/C13H21BrN2O3S/c1-13(2,16-20(3,17)18)10-15-8-9-19-12-6-4-11(14)5-7-12/h4-7,15-16H,8-10H2,1-3H3. The molecular formula is C13H21BrN2O3S. The van der Waals surface area contributed by atoms with Crippen LogP contribution >= 0.6 is 15.9 Å². The molecule has 0 heterocycles. The van der Waals surface area contributed by atoms with Crippen LogP contribution in [0.15, 0.2) is 28.7 Å². The van der Waals surface area contributed by atoms with Crippen LogP contribution in [0, 0.1) is 0 Å². The molecule has 7 heteroatoms. The molecule has 2 N–H and O–H groups in total. The maximum absolute atomic E-state index is 11.2. The highest BCUT2D eigenvalue weighted by Gasteiger charge is 2.21. The zero-order valence-electron chi connectivity index (χ0n) is 11.9. The lowest BCUT2D eigenvalue weighted by atomic mass is 10.1. The van der Waals surface area contributed by atoms with Gasteiger partial charge in [-0.25, -0.2) is 13.1 Å². The fraction of sp³-hybridized carbons (Fsp3) is 0.538. The molecule has 0 atom stereocenters. The van der Waals surface area contributed by atoms with Crippen LogP contribution in [-0.4, -0.2) is 39.9 Å². The van der Waals surface area contributed by atoms with Crippen molar-refractivity contribution in [3.8, 4) is 5.75 Å². The number of nitrogens with one attached hydrogen (secondary N) is 2. The minimum absolute atomic E-state index is 0.523. The number of sulfonamides is 1. The molecule has 0 aliphatic carbocycles. The molecule has 1 rings (SSSR count). The molecule has 114 valence electrons. The Morgan fingerprint density at radius 2 is 1.85 bits per heavy atom. The first-order valence-electron chi connectivity index (χ1n) is 6.26. The Morgan fingerprint density at radius 1 is 1.25 bits per heavy atom. The van der Waals surface area contributed by atoms with E-state index in [9.17, 15) is 8.42 Å². The summed E-state index contributed by atoms with van der Waals surface area (Å²) >= 11 is 3.36. The van der Waals surface area contributed by atoms with Crippen LogP contribution in [0.25, 0.3) is 0 Å². The molecular weight excluding hydrogens is 344 g/mol. The average Bonchev–Trinajstić information content (AvgIpc) is 2.28. The van der Waals surface area contributed by atoms with Gasteiger partial charge in [0.05, 0.1) is 6.26 Å². The molecule has 0 aliphatic heterocycles. The van der Waals surface area contributed by atoms with Crippen molar-refractivity contribution < 1.29 is 13.2 Å². The first-order chi connectivity index (χ1) is 9.18. The highest BCUT2D eigenvalue weighted by molar-refractivity contribution is 9.10. The van der Waals surface area contributed by atoms with Gasteiger partial charge in [-0.2, -0.15) is 0 Å². The molecule has 1 aromatic carbocycles. The second-order valence-electron chi connectivity index (χ2n) is 5.24. The molecule has 0 aliphatic rings. The minimum Gasteiger partial charge on any atom is -0.492 e. The van der Waals surface area contributed by atoms with Gasteiger partial charge in [0.2, 0.25) is 10.0 Å². The summed E-state index contributed by atoms with van der Waals surface area (Å²) in [6, 6.07) is 7.61. The third-order valence-electron chi connectivity index (χ3n) is 2.39. The number of ether oxygens (including phenoxy) is 1. The molecule has 0 unspecified atom stereocenters. The predicted molar refractivity (Wildman–Crippen MR) is 84.6 cm³/mol. The van der Waals surface area contributed by atoms with Crippen LogP contribution in [0.4, 0.5) is 0 Å². The summed E-state index contributed by atoms with van der Waals surface area (Å²) in [5.41, 5.74) is -0.523. The molecule has 0 spiro atoms. The average molecular weight is 365 g/mol. The van der Waals surface area contributed by atoms with Crippen molar-refractivity contribution in [2.24, 2.45) is 0 Å². The van der Waals surface area contributed by atoms with Crippen molar-refractivity contribution in [1.82, 2.24) is 10.0 Å². The van der Waals surface area contributed by atoms with E-state index in [0.717, 1.165) is 16.5 Å². The predicted octanol–water partition coefficient (Wildman–Crippen LogP) is 1.75.